The summed E-state index contributed by atoms with van der Waals surface area (Å²) in [6.45, 7) is 0.142. The highest BCUT2D eigenvalue weighted by atomic mass is 32.2. The number of benzene rings is 2. The van der Waals surface area contributed by atoms with Gasteiger partial charge in [-0.15, -0.1) is 0 Å². The van der Waals surface area contributed by atoms with Crippen molar-refractivity contribution < 1.29 is 8.42 Å². The number of pyridine rings is 2. The molecule has 0 saturated heterocycles. The van der Waals surface area contributed by atoms with Crippen LogP contribution in [-0.2, 0) is 16.6 Å². The fraction of sp³-hybridized carbons (Fsp3) is 0.0476. The maximum absolute atomic E-state index is 12.9. The van der Waals surface area contributed by atoms with Gasteiger partial charge in [0.2, 0.25) is 10.0 Å². The molecule has 27 heavy (non-hydrogen) atoms. The van der Waals surface area contributed by atoms with Gasteiger partial charge in [-0.25, -0.2) is 13.1 Å². The predicted octanol–water partition coefficient (Wildman–Crippen LogP) is 3.78. The van der Waals surface area contributed by atoms with Crippen molar-refractivity contribution in [2.24, 2.45) is 0 Å². The van der Waals surface area contributed by atoms with Crippen LogP contribution >= 0.6 is 0 Å². The normalized spacial score (nSPS) is 11.6. The topological polar surface area (TPSA) is 72.0 Å². The zero-order valence-corrected chi connectivity index (χ0v) is 15.2. The molecule has 134 valence electrons. The molecule has 5 nitrogen and oxygen atoms in total. The number of fused-ring (bicyclic) bond motifs is 1. The quantitative estimate of drug-likeness (QED) is 0.576. The lowest BCUT2D eigenvalue weighted by atomic mass is 10.1. The van der Waals surface area contributed by atoms with Gasteiger partial charge in [-0.05, 0) is 35.2 Å². The third-order valence-electron chi connectivity index (χ3n) is 4.32. The highest BCUT2D eigenvalue weighted by Gasteiger charge is 2.18. The van der Waals surface area contributed by atoms with Crippen LogP contribution in [0, 0.1) is 0 Å². The van der Waals surface area contributed by atoms with Gasteiger partial charge in [-0.1, -0.05) is 42.5 Å². The van der Waals surface area contributed by atoms with Gasteiger partial charge in [0.1, 0.15) is 0 Å². The van der Waals surface area contributed by atoms with E-state index in [-0.39, 0.29) is 11.4 Å². The Morgan fingerprint density at radius 3 is 2.52 bits per heavy atom. The number of hydrogen-bond acceptors (Lipinski definition) is 4. The van der Waals surface area contributed by atoms with Gasteiger partial charge >= 0.3 is 0 Å². The molecule has 2 aromatic carbocycles. The van der Waals surface area contributed by atoms with E-state index < -0.39 is 10.0 Å². The summed E-state index contributed by atoms with van der Waals surface area (Å²) in [4.78, 5) is 8.78. The standard InChI is InChI=1S/C21H17N3O2S/c25-27(26,20-11-3-7-16-6-1-2-10-19(16)20)24-15-18-9-5-13-23-21(18)17-8-4-12-22-14-17/h1-14,24H,15H2. The Morgan fingerprint density at radius 2 is 1.67 bits per heavy atom. The number of sulfonamides is 1. The van der Waals surface area contributed by atoms with E-state index in [1.165, 1.54) is 0 Å². The molecule has 2 heterocycles. The minimum Gasteiger partial charge on any atom is -0.264 e. The Labute approximate surface area is 157 Å². The first-order valence-electron chi connectivity index (χ1n) is 8.47. The molecule has 0 unspecified atom stereocenters. The van der Waals surface area contributed by atoms with Crippen LogP contribution in [0.3, 0.4) is 0 Å². The molecule has 0 atom stereocenters. The minimum absolute atomic E-state index is 0.142. The maximum Gasteiger partial charge on any atom is 0.241 e. The van der Waals surface area contributed by atoms with E-state index in [0.29, 0.717) is 11.1 Å². The van der Waals surface area contributed by atoms with Crippen molar-refractivity contribution in [3.8, 4) is 11.3 Å². The van der Waals surface area contributed by atoms with Crippen LogP contribution in [0.1, 0.15) is 5.56 Å². The van der Waals surface area contributed by atoms with E-state index in [2.05, 4.69) is 14.7 Å². The molecule has 0 spiro atoms. The van der Waals surface area contributed by atoms with Crippen molar-refractivity contribution in [3.05, 3.63) is 90.9 Å². The second-order valence-corrected chi connectivity index (χ2v) is 7.79. The van der Waals surface area contributed by atoms with Crippen molar-refractivity contribution in [1.82, 2.24) is 14.7 Å². The van der Waals surface area contributed by atoms with E-state index >= 15 is 0 Å². The fourth-order valence-electron chi connectivity index (χ4n) is 3.02. The molecule has 4 rings (SSSR count). The molecular formula is C21H17N3O2S. The summed E-state index contributed by atoms with van der Waals surface area (Å²) in [6.07, 6.45) is 5.09. The van der Waals surface area contributed by atoms with E-state index in [9.17, 15) is 8.42 Å². The van der Waals surface area contributed by atoms with Crippen molar-refractivity contribution in [3.63, 3.8) is 0 Å². The zero-order chi connectivity index (χ0) is 18.7. The Morgan fingerprint density at radius 1 is 0.852 bits per heavy atom. The average Bonchev–Trinajstić information content (AvgIpc) is 2.73. The third-order valence-corrected chi connectivity index (χ3v) is 5.78. The van der Waals surface area contributed by atoms with Gasteiger partial charge in [-0.3, -0.25) is 9.97 Å². The van der Waals surface area contributed by atoms with Gasteiger partial charge in [0, 0.05) is 36.1 Å². The molecular weight excluding hydrogens is 358 g/mol. The smallest absolute Gasteiger partial charge is 0.241 e. The second kappa shape index (κ2) is 7.26. The fourth-order valence-corrected chi connectivity index (χ4v) is 4.26. The summed E-state index contributed by atoms with van der Waals surface area (Å²) in [7, 11) is -3.68. The summed E-state index contributed by atoms with van der Waals surface area (Å²) in [5, 5.41) is 1.59. The van der Waals surface area contributed by atoms with E-state index in [4.69, 9.17) is 0 Å². The molecule has 0 aliphatic heterocycles. The van der Waals surface area contributed by atoms with Crippen LogP contribution in [0.5, 0.6) is 0 Å². The first kappa shape index (κ1) is 17.3. The molecule has 0 aliphatic carbocycles. The lowest BCUT2D eigenvalue weighted by Crippen LogP contribution is -2.24. The number of nitrogens with zero attached hydrogens (tertiary/aromatic N) is 2. The molecule has 6 heteroatoms. The molecule has 0 radical (unpaired) electrons. The SMILES string of the molecule is O=S(=O)(NCc1cccnc1-c1cccnc1)c1cccc2ccccc12. The van der Waals surface area contributed by atoms with Crippen LogP contribution in [0.4, 0.5) is 0 Å². The number of aromatic nitrogens is 2. The molecule has 4 aromatic rings. The van der Waals surface area contributed by atoms with Gasteiger partial charge in [0.05, 0.1) is 10.6 Å². The molecule has 1 N–H and O–H groups in total. The lowest BCUT2D eigenvalue weighted by Gasteiger charge is -2.12. The Kier molecular flexibility index (Phi) is 4.66. The van der Waals surface area contributed by atoms with Gasteiger partial charge in [-0.2, -0.15) is 0 Å². The van der Waals surface area contributed by atoms with Crippen LogP contribution in [0.25, 0.3) is 22.0 Å². The summed E-state index contributed by atoms with van der Waals surface area (Å²) in [6, 6.07) is 20.1. The average molecular weight is 375 g/mol. The third kappa shape index (κ3) is 3.58. The van der Waals surface area contributed by atoms with Crippen molar-refractivity contribution in [2.45, 2.75) is 11.4 Å². The van der Waals surface area contributed by atoms with Crippen LogP contribution in [0.15, 0.2) is 90.2 Å². The molecule has 0 fully saturated rings. The molecule has 0 aliphatic rings. The first-order valence-corrected chi connectivity index (χ1v) is 9.95. The van der Waals surface area contributed by atoms with Crippen LogP contribution in [0.2, 0.25) is 0 Å². The molecule has 0 saturated carbocycles. The Hall–Kier alpha value is -3.09. The van der Waals surface area contributed by atoms with Crippen LogP contribution < -0.4 is 4.72 Å². The van der Waals surface area contributed by atoms with E-state index in [0.717, 1.165) is 16.5 Å². The van der Waals surface area contributed by atoms with Crippen molar-refractivity contribution >= 4 is 20.8 Å². The number of nitrogens with one attached hydrogen (secondary N) is 1. The van der Waals surface area contributed by atoms with Crippen LogP contribution in [-0.4, -0.2) is 18.4 Å². The Balaban J connectivity index is 1.66. The van der Waals surface area contributed by atoms with Crippen molar-refractivity contribution in [1.29, 1.82) is 0 Å². The molecule has 2 aromatic heterocycles. The van der Waals surface area contributed by atoms with Crippen molar-refractivity contribution in [2.75, 3.05) is 0 Å². The highest BCUT2D eigenvalue weighted by molar-refractivity contribution is 7.89. The minimum atomic E-state index is -3.68. The maximum atomic E-state index is 12.9. The summed E-state index contributed by atoms with van der Waals surface area (Å²) < 4.78 is 28.6. The Bertz CT molecular complexity index is 1190. The summed E-state index contributed by atoms with van der Waals surface area (Å²) >= 11 is 0. The highest BCUT2D eigenvalue weighted by Crippen LogP contribution is 2.24. The van der Waals surface area contributed by atoms with E-state index in [1.807, 2.05) is 48.5 Å². The number of hydrogen-bond donors (Lipinski definition) is 1. The molecule has 0 amide bonds. The number of rotatable bonds is 5. The van der Waals surface area contributed by atoms with Gasteiger partial charge < -0.3 is 0 Å². The first-order chi connectivity index (χ1) is 13.1. The van der Waals surface area contributed by atoms with Gasteiger partial charge in [0.25, 0.3) is 0 Å². The van der Waals surface area contributed by atoms with Gasteiger partial charge in [0.15, 0.2) is 0 Å². The molecule has 0 bridgehead atoms. The van der Waals surface area contributed by atoms with E-state index in [1.54, 1.807) is 36.8 Å². The zero-order valence-electron chi connectivity index (χ0n) is 14.4. The largest absolute Gasteiger partial charge is 0.264 e. The summed E-state index contributed by atoms with van der Waals surface area (Å²) in [5.41, 5.74) is 2.35. The predicted molar refractivity (Wildman–Crippen MR) is 105 cm³/mol. The lowest BCUT2D eigenvalue weighted by molar-refractivity contribution is 0.582. The second-order valence-electron chi connectivity index (χ2n) is 6.05. The summed E-state index contributed by atoms with van der Waals surface area (Å²) in [5.74, 6) is 0. The monoisotopic (exact) mass is 375 g/mol.